The van der Waals surface area contributed by atoms with Gasteiger partial charge in [-0.25, -0.2) is 0 Å². The van der Waals surface area contributed by atoms with Crippen LogP contribution >= 0.6 is 11.8 Å². The highest BCUT2D eigenvalue weighted by atomic mass is 32.2. The molecule has 0 saturated carbocycles. The van der Waals surface area contributed by atoms with E-state index in [4.69, 9.17) is 4.74 Å². The summed E-state index contributed by atoms with van der Waals surface area (Å²) in [6, 6.07) is 32.0. The number of rotatable bonds is 9. The number of aryl methyl sites for hydroxylation is 1. The Balaban J connectivity index is 1.55. The van der Waals surface area contributed by atoms with Crippen LogP contribution in [0.15, 0.2) is 108 Å². The van der Waals surface area contributed by atoms with Gasteiger partial charge in [0.05, 0.1) is 12.3 Å². The molecule has 6 heteroatoms. The first-order valence-corrected chi connectivity index (χ1v) is 12.6. The molecule has 0 aliphatic rings. The monoisotopic (exact) mass is 496 g/mol. The zero-order valence-corrected chi connectivity index (χ0v) is 21.0. The molecule has 4 aromatic rings. The van der Waals surface area contributed by atoms with Gasteiger partial charge in [-0.05, 0) is 61.9 Å². The minimum Gasteiger partial charge on any atom is -0.492 e. The summed E-state index contributed by atoms with van der Waals surface area (Å²) < 4.78 is 5.68. The lowest BCUT2D eigenvalue weighted by atomic mass is 10.1. The molecule has 1 atom stereocenters. The highest BCUT2D eigenvalue weighted by molar-refractivity contribution is 8.00. The minimum atomic E-state index is -0.511. The number of hydrogen-bond donors (Lipinski definition) is 2. The zero-order chi connectivity index (χ0) is 25.3. The molecular weight excluding hydrogens is 468 g/mol. The van der Waals surface area contributed by atoms with Crippen LogP contribution in [0, 0.1) is 6.92 Å². The van der Waals surface area contributed by atoms with E-state index in [9.17, 15) is 9.59 Å². The lowest BCUT2D eigenvalue weighted by Gasteiger charge is -2.19. The number of carbonyl (C=O) groups excluding carboxylic acids is 2. The summed E-state index contributed by atoms with van der Waals surface area (Å²) in [7, 11) is 0. The SMILES string of the molecule is CCOc1ccccc1NC(=O)C(Sc1cccc(NC(=O)c2cccc(C)c2)c1)c1ccccc1. The summed E-state index contributed by atoms with van der Waals surface area (Å²) >= 11 is 1.42. The maximum atomic E-state index is 13.5. The van der Waals surface area contributed by atoms with Gasteiger partial charge in [0.15, 0.2) is 0 Å². The molecule has 1 unspecified atom stereocenters. The van der Waals surface area contributed by atoms with Crippen molar-refractivity contribution in [2.45, 2.75) is 24.0 Å². The van der Waals surface area contributed by atoms with Crippen molar-refractivity contribution in [1.82, 2.24) is 0 Å². The van der Waals surface area contributed by atoms with Crippen molar-refractivity contribution in [2.24, 2.45) is 0 Å². The number of carbonyl (C=O) groups is 2. The summed E-state index contributed by atoms with van der Waals surface area (Å²) in [5.74, 6) is 0.296. The standard InChI is InChI=1S/C30H28N2O3S/c1-3-35-27-18-8-7-17-26(27)32-30(34)28(22-12-5-4-6-13-22)36-25-16-10-15-24(20-25)31-29(33)23-14-9-11-21(2)19-23/h4-20,28H,3H2,1-2H3,(H,31,33)(H,32,34). The van der Waals surface area contributed by atoms with Crippen molar-refractivity contribution in [3.8, 4) is 5.75 Å². The Morgan fingerprint density at radius 3 is 2.36 bits per heavy atom. The lowest BCUT2D eigenvalue weighted by Crippen LogP contribution is -2.19. The molecule has 2 amide bonds. The molecule has 2 N–H and O–H groups in total. The number of para-hydroxylation sites is 2. The van der Waals surface area contributed by atoms with Gasteiger partial charge in [-0.1, -0.05) is 66.2 Å². The summed E-state index contributed by atoms with van der Waals surface area (Å²) in [5.41, 5.74) is 3.80. The van der Waals surface area contributed by atoms with Gasteiger partial charge in [0.1, 0.15) is 11.0 Å². The molecule has 4 rings (SSSR count). The second kappa shape index (κ2) is 12.1. The minimum absolute atomic E-state index is 0.160. The first kappa shape index (κ1) is 25.1. The van der Waals surface area contributed by atoms with Crippen LogP contribution in [0.3, 0.4) is 0 Å². The van der Waals surface area contributed by atoms with Gasteiger partial charge >= 0.3 is 0 Å². The molecular formula is C30H28N2O3S. The summed E-state index contributed by atoms with van der Waals surface area (Å²) in [4.78, 5) is 27.1. The Labute approximate surface area is 215 Å². The molecule has 0 aliphatic carbocycles. The number of ether oxygens (including phenoxy) is 1. The second-order valence-electron chi connectivity index (χ2n) is 8.18. The zero-order valence-electron chi connectivity index (χ0n) is 20.2. The first-order chi connectivity index (χ1) is 17.5. The van der Waals surface area contributed by atoms with Gasteiger partial charge in [-0.3, -0.25) is 9.59 Å². The van der Waals surface area contributed by atoms with Gasteiger partial charge in [0, 0.05) is 16.1 Å². The highest BCUT2D eigenvalue weighted by Crippen LogP contribution is 2.38. The molecule has 0 aromatic heterocycles. The highest BCUT2D eigenvalue weighted by Gasteiger charge is 2.23. The van der Waals surface area contributed by atoms with Crippen molar-refractivity contribution in [3.05, 3.63) is 120 Å². The number of benzene rings is 4. The van der Waals surface area contributed by atoms with Crippen molar-refractivity contribution in [1.29, 1.82) is 0 Å². The lowest BCUT2D eigenvalue weighted by molar-refractivity contribution is -0.115. The predicted molar refractivity (Wildman–Crippen MR) is 147 cm³/mol. The molecule has 0 heterocycles. The van der Waals surface area contributed by atoms with E-state index in [0.29, 0.717) is 29.3 Å². The molecule has 4 aromatic carbocycles. The average Bonchev–Trinajstić information content (AvgIpc) is 2.89. The number of nitrogens with one attached hydrogen (secondary N) is 2. The van der Waals surface area contributed by atoms with Crippen molar-refractivity contribution in [3.63, 3.8) is 0 Å². The van der Waals surface area contributed by atoms with Crippen LogP contribution in [-0.2, 0) is 4.79 Å². The Morgan fingerprint density at radius 1 is 0.833 bits per heavy atom. The van der Waals surface area contributed by atoms with E-state index in [1.165, 1.54) is 11.8 Å². The molecule has 5 nitrogen and oxygen atoms in total. The first-order valence-electron chi connectivity index (χ1n) is 11.8. The van der Waals surface area contributed by atoms with Gasteiger partial charge in [0.2, 0.25) is 5.91 Å². The number of hydrogen-bond acceptors (Lipinski definition) is 4. The molecule has 182 valence electrons. The number of amides is 2. The van der Waals surface area contributed by atoms with Crippen LogP contribution in [0.4, 0.5) is 11.4 Å². The number of anilines is 2. The molecule has 0 bridgehead atoms. The summed E-state index contributed by atoms with van der Waals surface area (Å²) in [6.45, 7) is 4.37. The molecule has 36 heavy (non-hydrogen) atoms. The topological polar surface area (TPSA) is 67.4 Å². The second-order valence-corrected chi connectivity index (χ2v) is 9.36. The third kappa shape index (κ3) is 6.55. The van der Waals surface area contributed by atoms with Crippen LogP contribution in [-0.4, -0.2) is 18.4 Å². The fraction of sp³-hybridized carbons (Fsp3) is 0.133. The molecule has 0 radical (unpaired) electrons. The van der Waals surface area contributed by atoms with E-state index in [2.05, 4.69) is 10.6 Å². The van der Waals surface area contributed by atoms with Crippen LogP contribution < -0.4 is 15.4 Å². The van der Waals surface area contributed by atoms with E-state index >= 15 is 0 Å². The van der Waals surface area contributed by atoms with Crippen molar-refractivity contribution in [2.75, 3.05) is 17.2 Å². The van der Waals surface area contributed by atoms with Crippen LogP contribution in [0.2, 0.25) is 0 Å². The van der Waals surface area contributed by atoms with Gasteiger partial charge in [0.25, 0.3) is 5.91 Å². The average molecular weight is 497 g/mol. The quantitative estimate of drug-likeness (QED) is 0.242. The molecule has 0 spiro atoms. The molecule has 0 aliphatic heterocycles. The third-order valence-corrected chi connectivity index (χ3v) is 6.66. The smallest absolute Gasteiger partial charge is 0.255 e. The van der Waals surface area contributed by atoms with Crippen LogP contribution in [0.5, 0.6) is 5.75 Å². The Kier molecular flexibility index (Phi) is 8.42. The maximum Gasteiger partial charge on any atom is 0.255 e. The largest absolute Gasteiger partial charge is 0.492 e. The van der Waals surface area contributed by atoms with Gasteiger partial charge < -0.3 is 15.4 Å². The van der Waals surface area contributed by atoms with Crippen LogP contribution in [0.1, 0.15) is 33.7 Å². The van der Waals surface area contributed by atoms with Gasteiger partial charge in [-0.15, -0.1) is 11.8 Å². The molecule has 0 fully saturated rings. The fourth-order valence-electron chi connectivity index (χ4n) is 3.72. The van der Waals surface area contributed by atoms with Crippen LogP contribution in [0.25, 0.3) is 0 Å². The Bertz CT molecular complexity index is 1340. The molecule has 0 saturated heterocycles. The van der Waals surface area contributed by atoms with E-state index in [0.717, 1.165) is 16.0 Å². The fourth-order valence-corrected chi connectivity index (χ4v) is 4.81. The predicted octanol–water partition coefficient (Wildman–Crippen LogP) is 7.12. The third-order valence-electron chi connectivity index (χ3n) is 5.41. The normalized spacial score (nSPS) is 11.4. The van der Waals surface area contributed by atoms with E-state index < -0.39 is 5.25 Å². The Hall–Kier alpha value is -4.03. The number of thioether (sulfide) groups is 1. The van der Waals surface area contributed by atoms with E-state index in [1.54, 1.807) is 6.07 Å². The van der Waals surface area contributed by atoms with Gasteiger partial charge in [-0.2, -0.15) is 0 Å². The van der Waals surface area contributed by atoms with E-state index in [-0.39, 0.29) is 11.8 Å². The summed E-state index contributed by atoms with van der Waals surface area (Å²) in [5, 5.41) is 5.48. The Morgan fingerprint density at radius 2 is 1.58 bits per heavy atom. The van der Waals surface area contributed by atoms with E-state index in [1.807, 2.05) is 111 Å². The van der Waals surface area contributed by atoms with Crippen molar-refractivity contribution < 1.29 is 14.3 Å². The van der Waals surface area contributed by atoms with Crippen molar-refractivity contribution >= 4 is 35.0 Å². The maximum absolute atomic E-state index is 13.5. The summed E-state index contributed by atoms with van der Waals surface area (Å²) in [6.07, 6.45) is 0.